The minimum atomic E-state index is -3.74. The number of hydrogen-bond acceptors (Lipinski definition) is 4. The fourth-order valence-electron chi connectivity index (χ4n) is 2.83. The average molecular weight is 445 g/mol. The SMILES string of the molecule is COCc1cccc(NC(=O)c2ccc(N(C)S(=O)(=O)c3ccc(Cl)cc3)cc2)c1. The lowest BCUT2D eigenvalue weighted by molar-refractivity contribution is 0.102. The third-order valence-corrected chi connectivity index (χ3v) is 6.51. The van der Waals surface area contributed by atoms with E-state index in [1.54, 1.807) is 37.4 Å². The summed E-state index contributed by atoms with van der Waals surface area (Å²) < 4.78 is 31.8. The number of anilines is 2. The molecule has 0 saturated heterocycles. The summed E-state index contributed by atoms with van der Waals surface area (Å²) in [6.07, 6.45) is 0. The van der Waals surface area contributed by atoms with E-state index in [9.17, 15) is 13.2 Å². The first-order chi connectivity index (χ1) is 14.3. The number of nitrogens with zero attached hydrogens (tertiary/aromatic N) is 1. The molecule has 8 heteroatoms. The number of sulfonamides is 1. The molecule has 0 unspecified atom stereocenters. The molecule has 0 bridgehead atoms. The van der Waals surface area contributed by atoms with Gasteiger partial charge in [-0.15, -0.1) is 0 Å². The van der Waals surface area contributed by atoms with Crippen LogP contribution in [0.5, 0.6) is 0 Å². The molecule has 3 rings (SSSR count). The quantitative estimate of drug-likeness (QED) is 0.579. The van der Waals surface area contributed by atoms with Gasteiger partial charge in [-0.1, -0.05) is 23.7 Å². The molecule has 3 aromatic rings. The number of halogens is 1. The summed E-state index contributed by atoms with van der Waals surface area (Å²) in [6.45, 7) is 0.451. The largest absolute Gasteiger partial charge is 0.380 e. The van der Waals surface area contributed by atoms with Crippen LogP contribution in [0.15, 0.2) is 77.7 Å². The van der Waals surface area contributed by atoms with Crippen LogP contribution in [0.2, 0.25) is 5.02 Å². The zero-order chi connectivity index (χ0) is 21.7. The van der Waals surface area contributed by atoms with Gasteiger partial charge in [0.1, 0.15) is 0 Å². The molecule has 6 nitrogen and oxygen atoms in total. The topological polar surface area (TPSA) is 75.7 Å². The third kappa shape index (κ3) is 4.99. The van der Waals surface area contributed by atoms with E-state index in [1.807, 2.05) is 18.2 Å². The predicted molar refractivity (Wildman–Crippen MR) is 119 cm³/mol. The maximum absolute atomic E-state index is 12.8. The molecule has 0 aliphatic rings. The highest BCUT2D eigenvalue weighted by molar-refractivity contribution is 7.92. The fourth-order valence-corrected chi connectivity index (χ4v) is 4.16. The van der Waals surface area contributed by atoms with Gasteiger partial charge in [0, 0.05) is 30.4 Å². The highest BCUT2D eigenvalue weighted by atomic mass is 35.5. The van der Waals surface area contributed by atoms with Gasteiger partial charge in [0.25, 0.3) is 15.9 Å². The normalized spacial score (nSPS) is 11.2. The van der Waals surface area contributed by atoms with Gasteiger partial charge < -0.3 is 10.1 Å². The molecule has 156 valence electrons. The van der Waals surface area contributed by atoms with Gasteiger partial charge in [-0.25, -0.2) is 8.42 Å². The van der Waals surface area contributed by atoms with Crippen molar-refractivity contribution in [3.63, 3.8) is 0 Å². The highest BCUT2D eigenvalue weighted by Gasteiger charge is 2.21. The van der Waals surface area contributed by atoms with Crippen LogP contribution >= 0.6 is 11.6 Å². The van der Waals surface area contributed by atoms with E-state index in [0.29, 0.717) is 28.6 Å². The zero-order valence-corrected chi connectivity index (χ0v) is 18.1. The minimum absolute atomic E-state index is 0.132. The van der Waals surface area contributed by atoms with E-state index < -0.39 is 10.0 Å². The van der Waals surface area contributed by atoms with Crippen molar-refractivity contribution in [2.75, 3.05) is 23.8 Å². The van der Waals surface area contributed by atoms with Crippen LogP contribution in [0.25, 0.3) is 0 Å². The Bertz CT molecular complexity index is 1130. The van der Waals surface area contributed by atoms with Crippen LogP contribution in [-0.4, -0.2) is 28.5 Å². The van der Waals surface area contributed by atoms with Gasteiger partial charge in [0.05, 0.1) is 17.2 Å². The lowest BCUT2D eigenvalue weighted by Gasteiger charge is -2.20. The van der Waals surface area contributed by atoms with Gasteiger partial charge in [0.15, 0.2) is 0 Å². The Balaban J connectivity index is 1.74. The second-order valence-electron chi connectivity index (χ2n) is 6.56. The number of ether oxygens (including phenoxy) is 1. The number of hydrogen-bond donors (Lipinski definition) is 1. The Hall–Kier alpha value is -2.87. The minimum Gasteiger partial charge on any atom is -0.380 e. The average Bonchev–Trinajstić information content (AvgIpc) is 2.74. The molecule has 0 heterocycles. The molecule has 0 atom stereocenters. The van der Waals surface area contributed by atoms with Crippen LogP contribution in [0.3, 0.4) is 0 Å². The summed E-state index contributed by atoms with van der Waals surface area (Å²) in [4.78, 5) is 12.7. The molecule has 0 radical (unpaired) electrons. The number of carbonyl (C=O) groups excluding carboxylic acids is 1. The van der Waals surface area contributed by atoms with E-state index in [0.717, 1.165) is 9.87 Å². The van der Waals surface area contributed by atoms with E-state index in [4.69, 9.17) is 16.3 Å². The van der Waals surface area contributed by atoms with Gasteiger partial charge in [-0.05, 0) is 66.2 Å². The van der Waals surface area contributed by atoms with Crippen LogP contribution in [0.4, 0.5) is 11.4 Å². The molecule has 1 amide bonds. The molecule has 1 N–H and O–H groups in total. The van der Waals surface area contributed by atoms with Gasteiger partial charge in [-0.2, -0.15) is 0 Å². The number of nitrogens with one attached hydrogen (secondary N) is 1. The number of methoxy groups -OCH3 is 1. The molecular weight excluding hydrogens is 424 g/mol. The number of amides is 1. The zero-order valence-electron chi connectivity index (χ0n) is 16.5. The van der Waals surface area contributed by atoms with E-state index in [2.05, 4.69) is 5.32 Å². The van der Waals surface area contributed by atoms with Crippen molar-refractivity contribution in [1.82, 2.24) is 0 Å². The molecule has 0 aliphatic carbocycles. The van der Waals surface area contributed by atoms with Crippen LogP contribution in [0, 0.1) is 0 Å². The first-order valence-electron chi connectivity index (χ1n) is 9.05. The lowest BCUT2D eigenvalue weighted by Crippen LogP contribution is -2.26. The van der Waals surface area contributed by atoms with Crippen molar-refractivity contribution in [1.29, 1.82) is 0 Å². The van der Waals surface area contributed by atoms with Gasteiger partial charge in [-0.3, -0.25) is 9.10 Å². The Morgan fingerprint density at radius 3 is 2.33 bits per heavy atom. The number of benzene rings is 3. The van der Waals surface area contributed by atoms with E-state index in [1.165, 1.54) is 31.3 Å². The van der Waals surface area contributed by atoms with Gasteiger partial charge in [0.2, 0.25) is 0 Å². The molecule has 0 fully saturated rings. The molecule has 3 aromatic carbocycles. The summed E-state index contributed by atoms with van der Waals surface area (Å²) in [5.41, 5.74) is 2.44. The molecular formula is C22H21ClN2O4S. The second kappa shape index (κ2) is 9.30. The number of carbonyl (C=O) groups is 1. The maximum Gasteiger partial charge on any atom is 0.264 e. The molecule has 30 heavy (non-hydrogen) atoms. The maximum atomic E-state index is 12.8. The molecule has 0 saturated carbocycles. The van der Waals surface area contributed by atoms with Crippen molar-refractivity contribution in [3.05, 3.63) is 88.9 Å². The standard InChI is InChI=1S/C22H21ClN2O4S/c1-25(30(27,28)21-12-8-18(23)9-13-21)20-10-6-17(7-11-20)22(26)24-19-5-3-4-16(14-19)15-29-2/h3-14H,15H2,1-2H3,(H,24,26). The summed E-state index contributed by atoms with van der Waals surface area (Å²) in [7, 11) is -0.672. The summed E-state index contributed by atoms with van der Waals surface area (Å²) in [5, 5.41) is 3.29. The Kier molecular flexibility index (Phi) is 6.77. The monoisotopic (exact) mass is 444 g/mol. The van der Waals surface area contributed by atoms with Crippen molar-refractivity contribution < 1.29 is 17.9 Å². The highest BCUT2D eigenvalue weighted by Crippen LogP contribution is 2.24. The van der Waals surface area contributed by atoms with Crippen molar-refractivity contribution in [2.24, 2.45) is 0 Å². The molecule has 0 spiro atoms. The Morgan fingerprint density at radius 2 is 1.70 bits per heavy atom. The first-order valence-corrected chi connectivity index (χ1v) is 10.9. The van der Waals surface area contributed by atoms with Gasteiger partial charge >= 0.3 is 0 Å². The summed E-state index contributed by atoms with van der Waals surface area (Å²) >= 11 is 5.84. The number of rotatable bonds is 7. The Labute approximate surface area is 181 Å². The van der Waals surface area contributed by atoms with Crippen LogP contribution in [0.1, 0.15) is 15.9 Å². The van der Waals surface area contributed by atoms with Crippen LogP contribution < -0.4 is 9.62 Å². The van der Waals surface area contributed by atoms with E-state index in [-0.39, 0.29) is 10.8 Å². The fraction of sp³-hybridized carbons (Fsp3) is 0.136. The van der Waals surface area contributed by atoms with Crippen molar-refractivity contribution in [2.45, 2.75) is 11.5 Å². The molecule has 0 aliphatic heterocycles. The lowest BCUT2D eigenvalue weighted by atomic mass is 10.1. The predicted octanol–water partition coefficient (Wildman–Crippen LogP) is 4.56. The summed E-state index contributed by atoms with van der Waals surface area (Å²) in [5.74, 6) is -0.292. The first kappa shape index (κ1) is 21.8. The summed E-state index contributed by atoms with van der Waals surface area (Å²) in [6, 6.07) is 19.7. The third-order valence-electron chi connectivity index (χ3n) is 4.46. The van der Waals surface area contributed by atoms with Crippen LogP contribution in [-0.2, 0) is 21.4 Å². The smallest absolute Gasteiger partial charge is 0.264 e. The second-order valence-corrected chi connectivity index (χ2v) is 8.97. The van der Waals surface area contributed by atoms with E-state index >= 15 is 0 Å². The Morgan fingerprint density at radius 1 is 1.03 bits per heavy atom. The molecule has 0 aromatic heterocycles. The van der Waals surface area contributed by atoms with Crippen molar-refractivity contribution >= 4 is 38.9 Å². The van der Waals surface area contributed by atoms with Crippen molar-refractivity contribution in [3.8, 4) is 0 Å².